The molecule has 146 valence electrons. The Morgan fingerprint density at radius 2 is 1.93 bits per heavy atom. The van der Waals surface area contributed by atoms with Crippen LogP contribution < -0.4 is 10.2 Å². The van der Waals surface area contributed by atoms with Crippen LogP contribution in [-0.2, 0) is 9.59 Å². The van der Waals surface area contributed by atoms with Crippen LogP contribution in [-0.4, -0.2) is 41.4 Å². The summed E-state index contributed by atoms with van der Waals surface area (Å²) in [4.78, 5) is 41.3. The second kappa shape index (κ2) is 6.98. The van der Waals surface area contributed by atoms with Crippen molar-refractivity contribution in [2.45, 2.75) is 59.0 Å². The molecule has 3 rings (SSSR count). The van der Waals surface area contributed by atoms with Gasteiger partial charge in [0, 0.05) is 25.9 Å². The third-order valence-corrected chi connectivity index (χ3v) is 5.51. The van der Waals surface area contributed by atoms with E-state index in [9.17, 15) is 14.4 Å². The number of para-hydroxylation sites is 1. The van der Waals surface area contributed by atoms with Gasteiger partial charge in [-0.05, 0) is 37.3 Å². The highest BCUT2D eigenvalue weighted by Gasteiger charge is 2.52. The SMILES string of the molecule is CC(C)(C)CCNC(=O)CCN1C(=O)c2ccccc2N2C(=O)CCC12C. The fraction of sp³-hybridized carbons (Fsp3) is 0.571. The summed E-state index contributed by atoms with van der Waals surface area (Å²) in [5.41, 5.74) is 0.670. The number of nitrogens with zero attached hydrogens (tertiary/aromatic N) is 2. The standard InChI is InChI=1S/C21H29N3O3/c1-20(2,3)12-13-22-17(25)10-14-23-19(27)15-7-5-6-8-16(15)24-18(26)9-11-21(23,24)4/h5-8H,9-14H2,1-4H3,(H,22,25). The van der Waals surface area contributed by atoms with E-state index in [-0.39, 0.29) is 29.6 Å². The molecule has 1 saturated heterocycles. The minimum absolute atomic E-state index is 0.0251. The minimum Gasteiger partial charge on any atom is -0.356 e. The molecule has 1 aromatic carbocycles. The second-order valence-electron chi connectivity index (χ2n) is 8.83. The first-order chi connectivity index (χ1) is 12.6. The van der Waals surface area contributed by atoms with Crippen molar-refractivity contribution in [3.05, 3.63) is 29.8 Å². The molecular formula is C21H29N3O3. The Labute approximate surface area is 160 Å². The first kappa shape index (κ1) is 19.4. The summed E-state index contributed by atoms with van der Waals surface area (Å²) in [6.45, 7) is 9.25. The maximum atomic E-state index is 13.1. The van der Waals surface area contributed by atoms with Crippen molar-refractivity contribution in [3.8, 4) is 0 Å². The van der Waals surface area contributed by atoms with Gasteiger partial charge in [-0.1, -0.05) is 32.9 Å². The van der Waals surface area contributed by atoms with E-state index < -0.39 is 5.66 Å². The quantitative estimate of drug-likeness (QED) is 0.865. The van der Waals surface area contributed by atoms with Crippen LogP contribution in [0.5, 0.6) is 0 Å². The highest BCUT2D eigenvalue weighted by molar-refractivity contribution is 6.10. The van der Waals surface area contributed by atoms with Gasteiger partial charge in [-0.2, -0.15) is 0 Å². The number of carbonyl (C=O) groups is 3. The smallest absolute Gasteiger partial charge is 0.257 e. The molecule has 6 heteroatoms. The summed E-state index contributed by atoms with van der Waals surface area (Å²) in [6.07, 6.45) is 2.12. The van der Waals surface area contributed by atoms with Gasteiger partial charge in [-0.15, -0.1) is 0 Å². The van der Waals surface area contributed by atoms with Crippen LogP contribution in [0.1, 0.15) is 63.7 Å². The van der Waals surface area contributed by atoms with Gasteiger partial charge in [0.1, 0.15) is 5.66 Å². The molecular weight excluding hydrogens is 342 g/mol. The van der Waals surface area contributed by atoms with E-state index >= 15 is 0 Å². The third-order valence-electron chi connectivity index (χ3n) is 5.51. The molecule has 0 aliphatic carbocycles. The van der Waals surface area contributed by atoms with Crippen LogP contribution in [0.4, 0.5) is 5.69 Å². The highest BCUT2D eigenvalue weighted by atomic mass is 16.2. The van der Waals surface area contributed by atoms with Crippen LogP contribution in [0, 0.1) is 5.41 Å². The number of fused-ring (bicyclic) bond motifs is 3. The van der Waals surface area contributed by atoms with Crippen molar-refractivity contribution < 1.29 is 14.4 Å². The zero-order valence-electron chi connectivity index (χ0n) is 16.7. The summed E-state index contributed by atoms with van der Waals surface area (Å²) in [7, 11) is 0. The van der Waals surface area contributed by atoms with Crippen molar-refractivity contribution in [2.75, 3.05) is 18.0 Å². The maximum absolute atomic E-state index is 13.1. The first-order valence-electron chi connectivity index (χ1n) is 9.64. The van der Waals surface area contributed by atoms with Crippen LogP contribution in [0.25, 0.3) is 0 Å². The molecule has 2 heterocycles. The fourth-order valence-corrected chi connectivity index (χ4v) is 3.92. The zero-order valence-corrected chi connectivity index (χ0v) is 16.7. The van der Waals surface area contributed by atoms with E-state index in [0.717, 1.165) is 6.42 Å². The van der Waals surface area contributed by atoms with Crippen LogP contribution >= 0.6 is 0 Å². The molecule has 1 N–H and O–H groups in total. The van der Waals surface area contributed by atoms with E-state index in [1.807, 2.05) is 19.1 Å². The molecule has 6 nitrogen and oxygen atoms in total. The summed E-state index contributed by atoms with van der Waals surface area (Å²) in [5, 5.41) is 2.94. The van der Waals surface area contributed by atoms with Gasteiger partial charge in [-0.3, -0.25) is 19.3 Å². The molecule has 1 unspecified atom stereocenters. The van der Waals surface area contributed by atoms with Crippen LogP contribution in [0.2, 0.25) is 0 Å². The molecule has 2 aliphatic rings. The molecule has 1 fully saturated rings. The lowest BCUT2D eigenvalue weighted by Crippen LogP contribution is -2.62. The fourth-order valence-electron chi connectivity index (χ4n) is 3.92. The molecule has 0 spiro atoms. The van der Waals surface area contributed by atoms with Crippen molar-refractivity contribution in [3.63, 3.8) is 0 Å². The Bertz CT molecular complexity index is 768. The molecule has 0 aromatic heterocycles. The van der Waals surface area contributed by atoms with Gasteiger partial charge in [0.25, 0.3) is 5.91 Å². The van der Waals surface area contributed by atoms with Gasteiger partial charge < -0.3 is 10.2 Å². The number of hydrogen-bond donors (Lipinski definition) is 1. The predicted octanol–water partition coefficient (Wildman–Crippen LogP) is 2.93. The second-order valence-corrected chi connectivity index (χ2v) is 8.83. The Hall–Kier alpha value is -2.37. The van der Waals surface area contributed by atoms with Crippen LogP contribution in [0.15, 0.2) is 24.3 Å². The average molecular weight is 371 g/mol. The normalized spacial score (nSPS) is 21.9. The minimum atomic E-state index is -0.700. The van der Waals surface area contributed by atoms with Crippen molar-refractivity contribution in [1.82, 2.24) is 10.2 Å². The molecule has 0 saturated carbocycles. The molecule has 3 amide bonds. The maximum Gasteiger partial charge on any atom is 0.257 e. The van der Waals surface area contributed by atoms with E-state index in [0.29, 0.717) is 37.2 Å². The molecule has 1 atom stereocenters. The van der Waals surface area contributed by atoms with Crippen molar-refractivity contribution in [2.24, 2.45) is 5.41 Å². The van der Waals surface area contributed by atoms with E-state index in [1.54, 1.807) is 21.9 Å². The Morgan fingerprint density at radius 1 is 1.22 bits per heavy atom. The number of carbonyl (C=O) groups excluding carboxylic acids is 3. The van der Waals surface area contributed by atoms with E-state index in [4.69, 9.17) is 0 Å². The third kappa shape index (κ3) is 3.70. The Balaban J connectivity index is 1.73. The van der Waals surface area contributed by atoms with Gasteiger partial charge in [0.2, 0.25) is 11.8 Å². The number of nitrogens with one attached hydrogen (secondary N) is 1. The number of rotatable bonds is 5. The lowest BCUT2D eigenvalue weighted by Gasteiger charge is -2.48. The van der Waals surface area contributed by atoms with Crippen molar-refractivity contribution in [1.29, 1.82) is 0 Å². The monoisotopic (exact) mass is 371 g/mol. The van der Waals surface area contributed by atoms with Crippen LogP contribution in [0.3, 0.4) is 0 Å². The predicted molar refractivity (Wildman–Crippen MR) is 104 cm³/mol. The number of benzene rings is 1. The summed E-state index contributed by atoms with van der Waals surface area (Å²) >= 11 is 0. The zero-order chi connectivity index (χ0) is 19.8. The molecule has 1 aromatic rings. The van der Waals surface area contributed by atoms with E-state index in [2.05, 4.69) is 26.1 Å². The lowest BCUT2D eigenvalue weighted by molar-refractivity contribution is -0.121. The molecule has 2 aliphatic heterocycles. The average Bonchev–Trinajstić information content (AvgIpc) is 2.89. The Kier molecular flexibility index (Phi) is 5.02. The first-order valence-corrected chi connectivity index (χ1v) is 9.64. The highest BCUT2D eigenvalue weighted by Crippen LogP contribution is 2.43. The van der Waals surface area contributed by atoms with Crippen molar-refractivity contribution >= 4 is 23.4 Å². The van der Waals surface area contributed by atoms with E-state index in [1.165, 1.54) is 0 Å². The van der Waals surface area contributed by atoms with Gasteiger partial charge in [0.15, 0.2) is 0 Å². The summed E-state index contributed by atoms with van der Waals surface area (Å²) < 4.78 is 0. The van der Waals surface area contributed by atoms with Gasteiger partial charge in [0.05, 0.1) is 11.3 Å². The molecule has 27 heavy (non-hydrogen) atoms. The summed E-state index contributed by atoms with van der Waals surface area (Å²) in [6, 6.07) is 7.22. The largest absolute Gasteiger partial charge is 0.356 e. The van der Waals surface area contributed by atoms with Gasteiger partial charge in [-0.25, -0.2) is 0 Å². The lowest BCUT2D eigenvalue weighted by atomic mass is 9.92. The number of anilines is 1. The molecule has 0 radical (unpaired) electrons. The Morgan fingerprint density at radius 3 is 2.63 bits per heavy atom. The number of hydrogen-bond acceptors (Lipinski definition) is 3. The topological polar surface area (TPSA) is 69.7 Å². The summed E-state index contributed by atoms with van der Waals surface area (Å²) in [5.74, 6) is -0.149. The molecule has 0 bridgehead atoms. The van der Waals surface area contributed by atoms with Gasteiger partial charge >= 0.3 is 0 Å². The number of amides is 3.